The summed E-state index contributed by atoms with van der Waals surface area (Å²) in [5.41, 5.74) is 7.50. The number of fused-ring (bicyclic) bond motifs is 1. The molecule has 0 spiro atoms. The normalized spacial score (nSPS) is 16.8. The molecule has 3 aromatic rings. The number of aliphatic imine (C=N–C) groups is 1. The number of aryl methyl sites for hydroxylation is 3. The lowest BCUT2D eigenvalue weighted by Crippen LogP contribution is -2.35. The highest BCUT2D eigenvalue weighted by Crippen LogP contribution is 2.31. The number of nitrogens with one attached hydrogen (secondary N) is 1. The van der Waals surface area contributed by atoms with E-state index in [-0.39, 0.29) is 11.4 Å². The quantitative estimate of drug-likeness (QED) is 0.578. The van der Waals surface area contributed by atoms with Crippen molar-refractivity contribution in [3.63, 3.8) is 0 Å². The number of carbonyl (C=O) groups excluding carboxylic acids is 1. The zero-order valence-corrected chi connectivity index (χ0v) is 19.6. The van der Waals surface area contributed by atoms with E-state index in [2.05, 4.69) is 51.7 Å². The van der Waals surface area contributed by atoms with Crippen molar-refractivity contribution in [3.05, 3.63) is 88.0 Å². The van der Waals surface area contributed by atoms with Crippen LogP contribution < -0.4 is 0 Å². The van der Waals surface area contributed by atoms with Crippen molar-refractivity contribution in [2.24, 2.45) is 10.1 Å². The van der Waals surface area contributed by atoms with Crippen LogP contribution >= 0.6 is 11.8 Å². The lowest BCUT2D eigenvalue weighted by molar-refractivity contribution is -0.114. The van der Waals surface area contributed by atoms with E-state index in [0.29, 0.717) is 10.2 Å². The van der Waals surface area contributed by atoms with E-state index in [4.69, 9.17) is 5.41 Å². The van der Waals surface area contributed by atoms with Crippen molar-refractivity contribution in [2.45, 2.75) is 27.7 Å². The highest BCUT2D eigenvalue weighted by Gasteiger charge is 2.36. The van der Waals surface area contributed by atoms with Gasteiger partial charge in [-0.25, -0.2) is 0 Å². The van der Waals surface area contributed by atoms with Crippen LogP contribution in [-0.2, 0) is 4.79 Å². The monoisotopic (exact) mass is 454 g/mol. The maximum Gasteiger partial charge on any atom is 0.283 e. The molecule has 0 radical (unpaired) electrons. The molecule has 33 heavy (non-hydrogen) atoms. The summed E-state index contributed by atoms with van der Waals surface area (Å²) in [5.74, 6) is -0.412. The summed E-state index contributed by atoms with van der Waals surface area (Å²) >= 11 is 1.27. The van der Waals surface area contributed by atoms with E-state index in [1.807, 2.05) is 32.0 Å². The van der Waals surface area contributed by atoms with Gasteiger partial charge in [-0.15, -0.1) is 0 Å². The minimum Gasteiger partial charge on any atom is -0.318 e. The molecule has 164 valence electrons. The maximum absolute atomic E-state index is 12.8. The van der Waals surface area contributed by atoms with Gasteiger partial charge in [0.15, 0.2) is 5.84 Å². The Bertz CT molecular complexity index is 1410. The second kappa shape index (κ2) is 7.97. The summed E-state index contributed by atoms with van der Waals surface area (Å²) < 4.78 is 2.16. The Balaban J connectivity index is 1.52. The van der Waals surface area contributed by atoms with Crippen molar-refractivity contribution in [2.75, 3.05) is 0 Å². The fourth-order valence-corrected chi connectivity index (χ4v) is 4.83. The van der Waals surface area contributed by atoms with Gasteiger partial charge in [-0.1, -0.05) is 6.07 Å². The summed E-state index contributed by atoms with van der Waals surface area (Å²) in [5, 5.41) is 15.7. The molecule has 4 heterocycles. The molecule has 8 heteroatoms. The number of pyridine rings is 1. The Hall–Kier alpha value is -3.78. The van der Waals surface area contributed by atoms with Crippen LogP contribution in [0.1, 0.15) is 33.6 Å². The number of benzene rings is 1. The van der Waals surface area contributed by atoms with Crippen LogP contribution in [0.15, 0.2) is 64.5 Å². The molecule has 1 amide bonds. The van der Waals surface area contributed by atoms with E-state index < -0.39 is 5.91 Å². The van der Waals surface area contributed by atoms with Crippen molar-refractivity contribution in [3.8, 4) is 5.69 Å². The van der Waals surface area contributed by atoms with E-state index in [1.54, 1.807) is 18.5 Å². The van der Waals surface area contributed by atoms with Crippen LogP contribution in [0.3, 0.4) is 0 Å². The van der Waals surface area contributed by atoms with Gasteiger partial charge in [0.1, 0.15) is 5.04 Å². The summed E-state index contributed by atoms with van der Waals surface area (Å²) in [6.07, 6.45) is 5.14. The Labute approximate surface area is 196 Å². The van der Waals surface area contributed by atoms with Crippen LogP contribution in [0.5, 0.6) is 0 Å². The second-order valence-corrected chi connectivity index (χ2v) is 9.05. The smallest absolute Gasteiger partial charge is 0.283 e. The topological polar surface area (TPSA) is 86.7 Å². The predicted molar refractivity (Wildman–Crippen MR) is 133 cm³/mol. The molecular weight excluding hydrogens is 432 g/mol. The first-order chi connectivity index (χ1) is 15.8. The highest BCUT2D eigenvalue weighted by molar-refractivity contribution is 8.27. The molecule has 1 N–H and O–H groups in total. The Morgan fingerprint density at radius 1 is 1.06 bits per heavy atom. The Morgan fingerprint density at radius 2 is 1.88 bits per heavy atom. The average molecular weight is 455 g/mol. The van der Waals surface area contributed by atoms with Gasteiger partial charge in [-0.05, 0) is 92.6 Å². The van der Waals surface area contributed by atoms with Gasteiger partial charge < -0.3 is 4.57 Å². The lowest BCUT2D eigenvalue weighted by atomic mass is 10.1. The number of amides is 1. The number of thioether (sulfide) groups is 1. The summed E-state index contributed by atoms with van der Waals surface area (Å²) in [4.78, 5) is 21.2. The number of aromatic nitrogens is 2. The Morgan fingerprint density at radius 3 is 2.61 bits per heavy atom. The highest BCUT2D eigenvalue weighted by atomic mass is 32.2. The molecule has 0 fully saturated rings. The van der Waals surface area contributed by atoms with Gasteiger partial charge in [0.2, 0.25) is 5.17 Å². The van der Waals surface area contributed by atoms with Gasteiger partial charge in [0.05, 0.1) is 5.57 Å². The molecule has 0 atom stereocenters. The van der Waals surface area contributed by atoms with Gasteiger partial charge in [0.25, 0.3) is 5.91 Å². The zero-order chi connectivity index (χ0) is 23.3. The van der Waals surface area contributed by atoms with E-state index >= 15 is 0 Å². The van der Waals surface area contributed by atoms with E-state index in [1.165, 1.54) is 27.9 Å². The average Bonchev–Trinajstić information content (AvgIpc) is 3.34. The number of amidine groups is 2. The molecule has 0 unspecified atom stereocenters. The summed E-state index contributed by atoms with van der Waals surface area (Å²) in [7, 11) is 0. The molecule has 1 aromatic carbocycles. The van der Waals surface area contributed by atoms with Crippen molar-refractivity contribution >= 4 is 39.8 Å². The second-order valence-electron chi connectivity index (χ2n) is 8.10. The SMILES string of the molecule is Cc1ccc(-n2c(C)cc(/C=C3/C(=N)N4N=C(c5cccnc5)SC4=NC3=O)c2C)cc1C. The van der Waals surface area contributed by atoms with Crippen molar-refractivity contribution in [1.29, 1.82) is 5.41 Å². The minimum absolute atomic E-state index is 0.0207. The standard InChI is InChI=1S/C25H22N6OS/c1-14-7-8-20(10-15(14)2)30-16(3)11-19(17(30)4)12-21-22(26)31-25(28-23(21)32)33-24(29-31)18-6-5-9-27-13-18/h5-13,26H,1-4H3/b21-12-,26-22?. The largest absolute Gasteiger partial charge is 0.318 e. The van der Waals surface area contributed by atoms with Crippen LogP contribution in [0.4, 0.5) is 0 Å². The van der Waals surface area contributed by atoms with Gasteiger partial charge in [0, 0.05) is 35.0 Å². The maximum atomic E-state index is 12.8. The molecule has 0 bridgehead atoms. The number of hydrogen-bond donors (Lipinski definition) is 1. The molecule has 2 aliphatic heterocycles. The molecule has 0 saturated carbocycles. The first kappa shape index (κ1) is 21.1. The van der Waals surface area contributed by atoms with Crippen LogP contribution in [0.25, 0.3) is 11.8 Å². The number of rotatable bonds is 3. The molecule has 7 nitrogen and oxygen atoms in total. The number of carbonyl (C=O) groups is 1. The zero-order valence-electron chi connectivity index (χ0n) is 18.7. The molecule has 2 aromatic heterocycles. The first-order valence-corrected chi connectivity index (χ1v) is 11.3. The van der Waals surface area contributed by atoms with E-state index in [0.717, 1.165) is 28.2 Å². The van der Waals surface area contributed by atoms with Crippen LogP contribution in [0, 0.1) is 33.1 Å². The molecule has 2 aliphatic rings. The van der Waals surface area contributed by atoms with Crippen molar-refractivity contribution < 1.29 is 4.79 Å². The summed E-state index contributed by atoms with van der Waals surface area (Å²) in [6.45, 7) is 8.25. The molecule has 5 rings (SSSR count). The van der Waals surface area contributed by atoms with Gasteiger partial charge >= 0.3 is 0 Å². The third kappa shape index (κ3) is 3.62. The lowest BCUT2D eigenvalue weighted by Gasteiger charge is -2.20. The third-order valence-electron chi connectivity index (χ3n) is 5.88. The molecule has 0 aliphatic carbocycles. The number of hydrazone groups is 1. The molecule has 0 saturated heterocycles. The fraction of sp³-hybridized carbons (Fsp3) is 0.160. The van der Waals surface area contributed by atoms with Crippen LogP contribution in [-0.4, -0.2) is 36.5 Å². The van der Waals surface area contributed by atoms with Crippen molar-refractivity contribution in [1.82, 2.24) is 14.6 Å². The van der Waals surface area contributed by atoms with E-state index in [9.17, 15) is 4.79 Å². The molecular formula is C25H22N6OS. The Kier molecular flexibility index (Phi) is 5.09. The van der Waals surface area contributed by atoms with Gasteiger partial charge in [-0.3, -0.25) is 15.2 Å². The number of hydrogen-bond acceptors (Lipinski definition) is 5. The summed E-state index contributed by atoms with van der Waals surface area (Å²) in [6, 6.07) is 12.1. The van der Waals surface area contributed by atoms with Crippen LogP contribution in [0.2, 0.25) is 0 Å². The third-order valence-corrected chi connectivity index (χ3v) is 6.84. The first-order valence-electron chi connectivity index (χ1n) is 10.5. The minimum atomic E-state index is -0.433. The number of nitrogens with zero attached hydrogens (tertiary/aromatic N) is 5. The fourth-order valence-electron chi connectivity index (χ4n) is 3.95. The van der Waals surface area contributed by atoms with Gasteiger partial charge in [-0.2, -0.15) is 15.1 Å². The predicted octanol–water partition coefficient (Wildman–Crippen LogP) is 4.77.